The lowest BCUT2D eigenvalue weighted by Crippen LogP contribution is -2.35. The van der Waals surface area contributed by atoms with E-state index in [9.17, 15) is 4.79 Å². The highest BCUT2D eigenvalue weighted by atomic mass is 16.5. The van der Waals surface area contributed by atoms with E-state index in [1.54, 1.807) is 0 Å². The quantitative estimate of drug-likeness (QED) is 0.815. The van der Waals surface area contributed by atoms with Crippen LogP contribution in [0.15, 0.2) is 42.5 Å². The third-order valence-corrected chi connectivity index (χ3v) is 5.93. The summed E-state index contributed by atoms with van der Waals surface area (Å²) in [5, 5.41) is 2.54. The van der Waals surface area contributed by atoms with Crippen LogP contribution in [-0.4, -0.2) is 37.1 Å². The lowest BCUT2D eigenvalue weighted by atomic mass is 9.76. The van der Waals surface area contributed by atoms with Crippen LogP contribution in [0.1, 0.15) is 18.4 Å². The fourth-order valence-electron chi connectivity index (χ4n) is 4.84. The van der Waals surface area contributed by atoms with Crippen LogP contribution >= 0.6 is 0 Å². The van der Waals surface area contributed by atoms with Crippen molar-refractivity contribution in [3.05, 3.63) is 48.0 Å². The summed E-state index contributed by atoms with van der Waals surface area (Å²) in [5.74, 6) is 0.359. The van der Waals surface area contributed by atoms with Crippen molar-refractivity contribution < 1.29 is 9.53 Å². The monoisotopic (exact) mass is 309 g/mol. The number of rotatable bonds is 3. The van der Waals surface area contributed by atoms with Crippen molar-refractivity contribution in [3.63, 3.8) is 0 Å². The van der Waals surface area contributed by atoms with Crippen molar-refractivity contribution in [1.29, 1.82) is 0 Å². The largest absolute Gasteiger partial charge is 0.469 e. The Hall–Kier alpha value is -1.87. The summed E-state index contributed by atoms with van der Waals surface area (Å²) >= 11 is 0. The van der Waals surface area contributed by atoms with Gasteiger partial charge in [0.15, 0.2) is 0 Å². The normalized spacial score (nSPS) is 30.0. The first kappa shape index (κ1) is 14.7. The summed E-state index contributed by atoms with van der Waals surface area (Å²) in [7, 11) is 3.68. The van der Waals surface area contributed by atoms with E-state index in [1.807, 2.05) is 0 Å². The molecule has 0 saturated carbocycles. The van der Waals surface area contributed by atoms with E-state index >= 15 is 0 Å². The molecule has 0 aromatic heterocycles. The Balaban J connectivity index is 1.64. The minimum Gasteiger partial charge on any atom is -0.469 e. The number of nitrogens with zero attached hydrogens (tertiary/aromatic N) is 1. The topological polar surface area (TPSA) is 29.5 Å². The van der Waals surface area contributed by atoms with Gasteiger partial charge in [-0.3, -0.25) is 9.69 Å². The number of carbonyl (C=O) groups is 1. The van der Waals surface area contributed by atoms with Crippen molar-refractivity contribution in [2.75, 3.05) is 14.2 Å². The van der Waals surface area contributed by atoms with E-state index in [0.29, 0.717) is 18.0 Å². The highest BCUT2D eigenvalue weighted by molar-refractivity contribution is 5.83. The number of hydrogen-bond donors (Lipinski definition) is 0. The molecular weight excluding hydrogens is 286 g/mol. The fourth-order valence-corrected chi connectivity index (χ4v) is 4.84. The maximum Gasteiger partial charge on any atom is 0.310 e. The molecule has 4 atom stereocenters. The number of methoxy groups -OCH3 is 1. The second-order valence-corrected chi connectivity index (χ2v) is 6.98. The highest BCUT2D eigenvalue weighted by Gasteiger charge is 2.54. The lowest BCUT2D eigenvalue weighted by Gasteiger charge is -2.27. The van der Waals surface area contributed by atoms with Crippen LogP contribution in [0.25, 0.3) is 10.8 Å². The zero-order chi connectivity index (χ0) is 16.0. The van der Waals surface area contributed by atoms with Crippen LogP contribution in [0.2, 0.25) is 0 Å². The van der Waals surface area contributed by atoms with Gasteiger partial charge >= 0.3 is 5.97 Å². The standard InChI is InChI=1S/C20H23NO2/c1-21-17-9-10-18(21)19(20(22)23-2)16(17)12-13-7-8-14-5-3-4-6-15(14)11-13/h3-8,11,16-19H,9-10,12H2,1-2H3/t16-,17+,18-,19+/m1/s1. The second-order valence-electron chi connectivity index (χ2n) is 6.98. The Morgan fingerprint density at radius 3 is 2.65 bits per heavy atom. The number of ether oxygens (including phenoxy) is 1. The third kappa shape index (κ3) is 2.34. The summed E-state index contributed by atoms with van der Waals surface area (Å²) in [6.07, 6.45) is 3.28. The molecule has 2 bridgehead atoms. The molecule has 0 unspecified atom stereocenters. The fraction of sp³-hybridized carbons (Fsp3) is 0.450. The van der Waals surface area contributed by atoms with Gasteiger partial charge in [-0.25, -0.2) is 0 Å². The predicted octanol–water partition coefficient (Wildman–Crippen LogP) is 3.26. The Labute approximate surface area is 137 Å². The first-order valence-corrected chi connectivity index (χ1v) is 8.46. The molecule has 2 saturated heterocycles. The maximum atomic E-state index is 12.3. The molecule has 2 aromatic rings. The first-order valence-electron chi connectivity index (χ1n) is 8.46. The van der Waals surface area contributed by atoms with Crippen molar-refractivity contribution in [2.24, 2.45) is 11.8 Å². The predicted molar refractivity (Wildman–Crippen MR) is 91.2 cm³/mol. The molecular formula is C20H23NO2. The number of fused-ring (bicyclic) bond motifs is 3. The average Bonchev–Trinajstić information content (AvgIpc) is 3.07. The SMILES string of the molecule is COC(=O)[C@H]1[C@H](Cc2ccc3ccccc3c2)[C@@H]2CC[C@H]1N2C. The van der Waals surface area contributed by atoms with E-state index in [0.717, 1.165) is 12.8 Å². The Morgan fingerprint density at radius 1 is 1.13 bits per heavy atom. The molecule has 4 rings (SSSR count). The smallest absolute Gasteiger partial charge is 0.310 e. The summed E-state index contributed by atoms with van der Waals surface area (Å²) in [5.41, 5.74) is 1.32. The van der Waals surface area contributed by atoms with Crippen LogP contribution < -0.4 is 0 Å². The van der Waals surface area contributed by atoms with Gasteiger partial charge in [0.1, 0.15) is 0 Å². The molecule has 2 aliphatic heterocycles. The van der Waals surface area contributed by atoms with Gasteiger partial charge in [-0.15, -0.1) is 0 Å². The number of carbonyl (C=O) groups excluding carboxylic acids is 1. The van der Waals surface area contributed by atoms with E-state index in [4.69, 9.17) is 4.74 Å². The van der Waals surface area contributed by atoms with Crippen molar-refractivity contribution >= 4 is 16.7 Å². The summed E-state index contributed by atoms with van der Waals surface area (Å²) in [6.45, 7) is 0. The van der Waals surface area contributed by atoms with Gasteiger partial charge in [0.25, 0.3) is 0 Å². The molecule has 2 heterocycles. The highest BCUT2D eigenvalue weighted by Crippen LogP contribution is 2.46. The zero-order valence-corrected chi connectivity index (χ0v) is 13.7. The molecule has 0 aliphatic carbocycles. The molecule has 2 aliphatic rings. The molecule has 2 aromatic carbocycles. The van der Waals surface area contributed by atoms with Crippen molar-refractivity contribution in [3.8, 4) is 0 Å². The minimum atomic E-state index is -0.0326. The van der Waals surface area contributed by atoms with Gasteiger partial charge in [0, 0.05) is 12.1 Å². The van der Waals surface area contributed by atoms with Gasteiger partial charge in [-0.1, -0.05) is 42.5 Å². The van der Waals surface area contributed by atoms with Crippen LogP contribution in [0, 0.1) is 11.8 Å². The van der Waals surface area contributed by atoms with Crippen LogP contribution in [0.4, 0.5) is 0 Å². The molecule has 0 spiro atoms. The second kappa shape index (κ2) is 5.64. The Kier molecular flexibility index (Phi) is 3.61. The Bertz CT molecular complexity index is 741. The van der Waals surface area contributed by atoms with Crippen molar-refractivity contribution in [1.82, 2.24) is 4.90 Å². The molecule has 0 amide bonds. The van der Waals surface area contributed by atoms with Gasteiger partial charge in [0.2, 0.25) is 0 Å². The summed E-state index contributed by atoms with van der Waals surface area (Å²) in [4.78, 5) is 14.7. The zero-order valence-electron chi connectivity index (χ0n) is 13.7. The van der Waals surface area contributed by atoms with E-state index < -0.39 is 0 Å². The summed E-state index contributed by atoms with van der Waals surface area (Å²) < 4.78 is 5.11. The number of benzene rings is 2. The van der Waals surface area contributed by atoms with Crippen LogP contribution in [-0.2, 0) is 16.0 Å². The molecule has 0 radical (unpaired) electrons. The maximum absolute atomic E-state index is 12.3. The van der Waals surface area contributed by atoms with Gasteiger partial charge in [-0.05, 0) is 48.6 Å². The van der Waals surface area contributed by atoms with Crippen molar-refractivity contribution in [2.45, 2.75) is 31.3 Å². The molecule has 0 N–H and O–H groups in total. The summed E-state index contributed by atoms with van der Waals surface area (Å²) in [6, 6.07) is 16.0. The van der Waals surface area contributed by atoms with Gasteiger partial charge in [-0.2, -0.15) is 0 Å². The third-order valence-electron chi connectivity index (χ3n) is 5.93. The van der Waals surface area contributed by atoms with E-state index in [2.05, 4.69) is 54.4 Å². The van der Waals surface area contributed by atoms with Crippen LogP contribution in [0.5, 0.6) is 0 Å². The number of hydrogen-bond acceptors (Lipinski definition) is 3. The molecule has 23 heavy (non-hydrogen) atoms. The molecule has 120 valence electrons. The average molecular weight is 309 g/mol. The lowest BCUT2D eigenvalue weighted by molar-refractivity contribution is -0.148. The van der Waals surface area contributed by atoms with Crippen LogP contribution in [0.3, 0.4) is 0 Å². The molecule has 2 fully saturated rings. The molecule has 3 heteroatoms. The number of esters is 1. The molecule has 3 nitrogen and oxygen atoms in total. The van der Waals surface area contributed by atoms with Gasteiger partial charge < -0.3 is 4.74 Å². The van der Waals surface area contributed by atoms with Gasteiger partial charge in [0.05, 0.1) is 13.0 Å². The Morgan fingerprint density at radius 2 is 1.87 bits per heavy atom. The van der Waals surface area contributed by atoms with E-state index in [1.165, 1.54) is 29.9 Å². The minimum absolute atomic E-state index is 0.0234. The van der Waals surface area contributed by atoms with E-state index in [-0.39, 0.29) is 11.9 Å². The first-order chi connectivity index (χ1) is 11.2.